The van der Waals surface area contributed by atoms with Crippen LogP contribution in [0, 0.1) is 11.2 Å². The third kappa shape index (κ3) is 12.7. The number of carbonyl (C=O) groups is 2. The predicted octanol–water partition coefficient (Wildman–Crippen LogP) is 6.64. The van der Waals surface area contributed by atoms with Crippen molar-refractivity contribution in [2.75, 3.05) is 51.6 Å². The lowest BCUT2D eigenvalue weighted by Crippen LogP contribution is -2.43. The molecule has 6 nitrogen and oxygen atoms in total. The van der Waals surface area contributed by atoms with Gasteiger partial charge in [-0.2, -0.15) is 0 Å². The second-order valence-corrected chi connectivity index (χ2v) is 11.8. The van der Waals surface area contributed by atoms with Crippen molar-refractivity contribution in [3.63, 3.8) is 0 Å². The van der Waals surface area contributed by atoms with Crippen molar-refractivity contribution in [3.8, 4) is 0 Å². The number of rotatable bonds is 5. The number of halogens is 3. The molecular formula is C30H45Cl2FN4O2. The van der Waals surface area contributed by atoms with Crippen LogP contribution in [0.2, 0.25) is 10.0 Å². The zero-order chi connectivity index (χ0) is 29.6. The molecule has 2 heterocycles. The molecule has 39 heavy (non-hydrogen) atoms. The highest BCUT2D eigenvalue weighted by atomic mass is 35.5. The lowest BCUT2D eigenvalue weighted by molar-refractivity contribution is -0.119. The third-order valence-corrected chi connectivity index (χ3v) is 6.41. The lowest BCUT2D eigenvalue weighted by atomic mass is 9.83. The van der Waals surface area contributed by atoms with Crippen molar-refractivity contribution in [2.24, 2.45) is 5.41 Å². The fraction of sp³-hybridized carbons (Fsp3) is 0.533. The summed E-state index contributed by atoms with van der Waals surface area (Å²) in [6.45, 7) is 18.0. The SMILES string of the molecule is CC.CC(C)(C)C.CN1CCN(C=O)CC1.O=CNc1cc(Cl)c(F)cc1C1CNCC1c1cccc(Cl)c1. The number of likely N-dealkylation sites (N-methyl/N-ethyl adjacent to an activating group) is 1. The van der Waals surface area contributed by atoms with Gasteiger partial charge in [-0.05, 0) is 47.9 Å². The van der Waals surface area contributed by atoms with E-state index in [1.807, 2.05) is 38.1 Å². The average Bonchev–Trinajstić information content (AvgIpc) is 3.37. The molecule has 0 saturated carbocycles. The summed E-state index contributed by atoms with van der Waals surface area (Å²) in [7, 11) is 2.07. The molecule has 2 aliphatic heterocycles. The maximum Gasteiger partial charge on any atom is 0.211 e. The smallest absolute Gasteiger partial charge is 0.211 e. The number of hydrogen-bond acceptors (Lipinski definition) is 4. The van der Waals surface area contributed by atoms with Crippen LogP contribution in [-0.4, -0.2) is 68.9 Å². The molecule has 9 heteroatoms. The summed E-state index contributed by atoms with van der Waals surface area (Å²) in [6.07, 6.45) is 1.50. The minimum atomic E-state index is -0.491. The fourth-order valence-corrected chi connectivity index (χ4v) is 4.44. The fourth-order valence-electron chi connectivity index (χ4n) is 4.08. The number of hydrogen-bond donors (Lipinski definition) is 2. The molecule has 0 radical (unpaired) electrons. The highest BCUT2D eigenvalue weighted by Crippen LogP contribution is 2.41. The van der Waals surface area contributed by atoms with Gasteiger partial charge in [0.05, 0.1) is 5.02 Å². The Hall–Kier alpha value is -2.19. The largest absolute Gasteiger partial charge is 0.343 e. The average molecular weight is 584 g/mol. The summed E-state index contributed by atoms with van der Waals surface area (Å²) in [5.41, 5.74) is 2.85. The van der Waals surface area contributed by atoms with Gasteiger partial charge in [0.1, 0.15) is 5.82 Å². The van der Waals surface area contributed by atoms with Gasteiger partial charge in [0.2, 0.25) is 12.8 Å². The van der Waals surface area contributed by atoms with Gasteiger partial charge in [0.15, 0.2) is 0 Å². The molecule has 0 spiro atoms. The molecule has 2 saturated heterocycles. The first-order valence-corrected chi connectivity index (χ1v) is 14.2. The lowest BCUT2D eigenvalue weighted by Gasteiger charge is -2.29. The monoisotopic (exact) mass is 582 g/mol. The Bertz CT molecular complexity index is 1020. The Morgan fingerprint density at radius 3 is 2.10 bits per heavy atom. The Kier molecular flexibility index (Phi) is 15.6. The zero-order valence-corrected chi connectivity index (χ0v) is 25.9. The molecule has 218 valence electrons. The molecule has 2 aromatic rings. The van der Waals surface area contributed by atoms with Gasteiger partial charge >= 0.3 is 0 Å². The second kappa shape index (κ2) is 17.5. The number of nitrogens with zero attached hydrogens (tertiary/aromatic N) is 2. The van der Waals surface area contributed by atoms with Crippen molar-refractivity contribution in [1.29, 1.82) is 0 Å². The van der Waals surface area contributed by atoms with Crippen LogP contribution >= 0.6 is 23.2 Å². The molecule has 2 atom stereocenters. The van der Waals surface area contributed by atoms with Crippen LogP contribution in [0.3, 0.4) is 0 Å². The third-order valence-electron chi connectivity index (χ3n) is 5.88. The minimum Gasteiger partial charge on any atom is -0.343 e. The molecule has 0 bridgehead atoms. The van der Waals surface area contributed by atoms with Crippen molar-refractivity contribution in [3.05, 3.63) is 63.4 Å². The standard InChI is InChI=1S/C17H15Cl2FN2O.C6H12N2O.C5H12.C2H6/c18-11-3-1-2-10(4-11)13-7-21-8-14(13)12-5-16(20)15(19)6-17(12)22-9-23;1-7-2-4-8(6-9)5-3-7;1-5(2,3)4;1-2/h1-6,9,13-14,21H,7-8H2,(H,22,23);6H,2-5H2,1H3;1-4H3;1-2H3. The Labute approximate surface area is 244 Å². The molecule has 0 aliphatic carbocycles. The molecule has 2 amide bonds. The van der Waals surface area contributed by atoms with Gasteiger partial charge < -0.3 is 20.4 Å². The van der Waals surface area contributed by atoms with Gasteiger partial charge in [-0.1, -0.05) is 76.9 Å². The Balaban J connectivity index is 0.000000391. The number of anilines is 1. The summed E-state index contributed by atoms with van der Waals surface area (Å²) >= 11 is 11.9. The van der Waals surface area contributed by atoms with Crippen molar-refractivity contribution < 1.29 is 14.0 Å². The predicted molar refractivity (Wildman–Crippen MR) is 163 cm³/mol. The van der Waals surface area contributed by atoms with E-state index in [0.717, 1.165) is 50.3 Å². The summed E-state index contributed by atoms with van der Waals surface area (Å²) in [5, 5.41) is 6.60. The van der Waals surface area contributed by atoms with Crippen molar-refractivity contribution >= 4 is 41.7 Å². The van der Waals surface area contributed by atoms with Crippen LogP contribution < -0.4 is 10.6 Å². The topological polar surface area (TPSA) is 64.7 Å². The molecule has 2 fully saturated rings. The van der Waals surface area contributed by atoms with Crippen LogP contribution in [0.1, 0.15) is 64.5 Å². The van der Waals surface area contributed by atoms with E-state index in [9.17, 15) is 14.0 Å². The summed E-state index contributed by atoms with van der Waals surface area (Å²) in [4.78, 5) is 25.1. The van der Waals surface area contributed by atoms with E-state index >= 15 is 0 Å². The van der Waals surface area contributed by atoms with Gasteiger partial charge in [-0.3, -0.25) is 9.59 Å². The van der Waals surface area contributed by atoms with Crippen LogP contribution in [0.5, 0.6) is 0 Å². The summed E-state index contributed by atoms with van der Waals surface area (Å²) in [5.74, 6) is -0.334. The van der Waals surface area contributed by atoms with Crippen molar-refractivity contribution in [1.82, 2.24) is 15.1 Å². The first kappa shape index (κ1) is 34.8. The van der Waals surface area contributed by atoms with Crippen LogP contribution in [0.25, 0.3) is 0 Å². The number of benzene rings is 2. The van der Waals surface area contributed by atoms with E-state index in [1.54, 1.807) is 4.90 Å². The molecule has 2 aliphatic rings. The molecule has 2 aromatic carbocycles. The Morgan fingerprint density at radius 2 is 1.56 bits per heavy atom. The minimum absolute atomic E-state index is 0.0108. The van der Waals surface area contributed by atoms with E-state index in [1.165, 1.54) is 12.1 Å². The van der Waals surface area contributed by atoms with E-state index in [-0.39, 0.29) is 16.9 Å². The first-order chi connectivity index (χ1) is 18.4. The number of amides is 2. The van der Waals surface area contributed by atoms with Gasteiger partial charge in [-0.15, -0.1) is 0 Å². The van der Waals surface area contributed by atoms with Crippen LogP contribution in [0.4, 0.5) is 10.1 Å². The van der Waals surface area contributed by atoms with Crippen LogP contribution in [0.15, 0.2) is 36.4 Å². The molecule has 2 unspecified atom stereocenters. The maximum absolute atomic E-state index is 14.0. The Morgan fingerprint density at radius 1 is 0.974 bits per heavy atom. The van der Waals surface area contributed by atoms with Gasteiger partial charge in [0.25, 0.3) is 0 Å². The molecule has 4 rings (SSSR count). The molecule has 0 aromatic heterocycles. The van der Waals surface area contributed by atoms with Crippen molar-refractivity contribution in [2.45, 2.75) is 53.4 Å². The quantitative estimate of drug-likeness (QED) is 0.388. The first-order valence-electron chi connectivity index (χ1n) is 13.5. The second-order valence-electron chi connectivity index (χ2n) is 11.0. The molecular weight excluding hydrogens is 538 g/mol. The molecule has 2 N–H and O–H groups in total. The normalized spacial score (nSPS) is 18.9. The summed E-state index contributed by atoms with van der Waals surface area (Å²) < 4.78 is 14.0. The highest BCUT2D eigenvalue weighted by molar-refractivity contribution is 6.31. The zero-order valence-electron chi connectivity index (χ0n) is 24.4. The van der Waals surface area contributed by atoms with E-state index in [0.29, 0.717) is 29.1 Å². The number of nitrogens with one attached hydrogen (secondary N) is 2. The maximum atomic E-state index is 14.0. The van der Waals surface area contributed by atoms with Crippen LogP contribution in [-0.2, 0) is 9.59 Å². The van der Waals surface area contributed by atoms with Gasteiger partial charge in [0, 0.05) is 61.8 Å². The van der Waals surface area contributed by atoms with Gasteiger partial charge in [-0.25, -0.2) is 4.39 Å². The van der Waals surface area contributed by atoms with E-state index in [2.05, 4.69) is 50.3 Å². The summed E-state index contributed by atoms with van der Waals surface area (Å²) in [6, 6.07) is 10.5. The van der Waals surface area contributed by atoms with E-state index in [4.69, 9.17) is 23.2 Å². The number of carbonyl (C=O) groups excluding carboxylic acids is 2. The highest BCUT2D eigenvalue weighted by Gasteiger charge is 2.32. The van der Waals surface area contributed by atoms with E-state index < -0.39 is 5.82 Å². The number of piperazine rings is 1.